The minimum absolute atomic E-state index is 0.00538. The van der Waals surface area contributed by atoms with Gasteiger partial charge in [0.2, 0.25) is 5.95 Å². The van der Waals surface area contributed by atoms with Crippen LogP contribution >= 0.6 is 11.6 Å². The summed E-state index contributed by atoms with van der Waals surface area (Å²) in [5, 5.41) is 9.90. The van der Waals surface area contributed by atoms with Gasteiger partial charge in [0, 0.05) is 45.0 Å². The maximum atomic E-state index is 14.3. The zero-order valence-electron chi connectivity index (χ0n) is 25.6. The van der Waals surface area contributed by atoms with Gasteiger partial charge < -0.3 is 24.8 Å². The number of aromatic nitrogens is 3. The summed E-state index contributed by atoms with van der Waals surface area (Å²) < 4.78 is 42.9. The van der Waals surface area contributed by atoms with Crippen LogP contribution in [0.3, 0.4) is 0 Å². The fraction of sp³-hybridized carbons (Fsp3) is 0.636. The monoisotopic (exact) mass is 632 g/mol. The molecule has 0 radical (unpaired) electrons. The Hall–Kier alpha value is -2.72. The molecule has 0 amide bonds. The van der Waals surface area contributed by atoms with Gasteiger partial charge in [0.1, 0.15) is 11.3 Å². The molecule has 2 aliphatic carbocycles. The van der Waals surface area contributed by atoms with Crippen molar-refractivity contribution in [3.05, 3.63) is 40.5 Å². The van der Waals surface area contributed by atoms with E-state index in [2.05, 4.69) is 31.6 Å². The molecule has 2 N–H and O–H groups in total. The van der Waals surface area contributed by atoms with Crippen molar-refractivity contribution in [3.63, 3.8) is 0 Å². The lowest BCUT2D eigenvalue weighted by molar-refractivity contribution is -0.137. The number of anilines is 3. The third-order valence-electron chi connectivity index (χ3n) is 9.89. The highest BCUT2D eigenvalue weighted by Crippen LogP contribution is 2.39. The van der Waals surface area contributed by atoms with Crippen molar-refractivity contribution in [1.29, 1.82) is 0 Å². The molecule has 1 aromatic carbocycles. The highest BCUT2D eigenvalue weighted by Gasteiger charge is 2.35. The van der Waals surface area contributed by atoms with Crippen molar-refractivity contribution in [3.8, 4) is 0 Å². The molecule has 3 heterocycles. The Morgan fingerprint density at radius 2 is 1.64 bits per heavy atom. The number of pyridine rings is 1. The van der Waals surface area contributed by atoms with Crippen LogP contribution < -0.4 is 14.7 Å². The van der Waals surface area contributed by atoms with Crippen LogP contribution in [0.4, 0.5) is 30.6 Å². The van der Waals surface area contributed by atoms with Crippen molar-refractivity contribution < 1.29 is 18.3 Å². The van der Waals surface area contributed by atoms with E-state index in [1.54, 1.807) is 12.3 Å². The largest absolute Gasteiger partial charge is 0.416 e. The minimum atomic E-state index is -4.45. The van der Waals surface area contributed by atoms with Gasteiger partial charge in [-0.05, 0) is 68.2 Å². The molecule has 2 saturated carbocycles. The summed E-state index contributed by atoms with van der Waals surface area (Å²) in [6, 6.07) is 4.31. The fourth-order valence-electron chi connectivity index (χ4n) is 7.52. The summed E-state index contributed by atoms with van der Waals surface area (Å²) in [6.07, 6.45) is 9.01. The fourth-order valence-corrected chi connectivity index (χ4v) is 7.82. The van der Waals surface area contributed by atoms with Crippen molar-refractivity contribution in [2.75, 3.05) is 47.4 Å². The molecular formula is C33H44ClF3N6O. The second-order valence-electron chi connectivity index (χ2n) is 13.2. The van der Waals surface area contributed by atoms with Crippen LogP contribution in [0, 0.1) is 11.8 Å². The van der Waals surface area contributed by atoms with Crippen LogP contribution in [0.5, 0.6) is 0 Å². The Morgan fingerprint density at radius 1 is 0.977 bits per heavy atom. The van der Waals surface area contributed by atoms with Gasteiger partial charge in [-0.1, -0.05) is 50.1 Å². The average molecular weight is 633 g/mol. The van der Waals surface area contributed by atoms with Crippen molar-refractivity contribution >= 4 is 40.1 Å². The number of halogens is 4. The number of H-pyrrole nitrogens is 1. The molecule has 3 fully saturated rings. The highest BCUT2D eigenvalue weighted by atomic mass is 35.5. The van der Waals surface area contributed by atoms with E-state index in [9.17, 15) is 18.3 Å². The number of aliphatic hydroxyl groups excluding tert-OH is 1. The molecule has 240 valence electrons. The van der Waals surface area contributed by atoms with Gasteiger partial charge in [-0.3, -0.25) is 0 Å². The molecule has 0 spiro atoms. The zero-order chi connectivity index (χ0) is 30.8. The van der Waals surface area contributed by atoms with E-state index in [0.29, 0.717) is 70.5 Å². The smallest absolute Gasteiger partial charge is 0.392 e. The number of nitrogens with zero attached hydrogens (tertiary/aromatic N) is 5. The molecule has 1 saturated heterocycles. The summed E-state index contributed by atoms with van der Waals surface area (Å²) in [4.78, 5) is 19.3. The number of aliphatic hydroxyl groups is 1. The van der Waals surface area contributed by atoms with E-state index in [-0.39, 0.29) is 12.6 Å². The lowest BCUT2D eigenvalue weighted by Crippen LogP contribution is -2.52. The maximum Gasteiger partial charge on any atom is 0.416 e. The van der Waals surface area contributed by atoms with Gasteiger partial charge in [-0.2, -0.15) is 13.2 Å². The molecule has 6 rings (SSSR count). The second kappa shape index (κ2) is 13.3. The van der Waals surface area contributed by atoms with Crippen LogP contribution in [0.25, 0.3) is 11.0 Å². The average Bonchev–Trinajstić information content (AvgIpc) is 3.45. The van der Waals surface area contributed by atoms with Crippen LogP contribution in [0.15, 0.2) is 24.4 Å². The lowest BCUT2D eigenvalue weighted by atomic mass is 9.86. The van der Waals surface area contributed by atoms with Crippen LogP contribution in [-0.4, -0.2) is 58.8 Å². The van der Waals surface area contributed by atoms with Gasteiger partial charge in [0.05, 0.1) is 28.4 Å². The predicted octanol–water partition coefficient (Wildman–Crippen LogP) is 7.80. The van der Waals surface area contributed by atoms with Crippen molar-refractivity contribution in [1.82, 2.24) is 15.0 Å². The van der Waals surface area contributed by atoms with E-state index < -0.39 is 11.7 Å². The Labute approximate surface area is 262 Å². The van der Waals surface area contributed by atoms with Crippen molar-refractivity contribution in [2.24, 2.45) is 11.8 Å². The molecule has 2 aromatic heterocycles. The third-order valence-corrected chi connectivity index (χ3v) is 10.2. The van der Waals surface area contributed by atoms with E-state index in [1.165, 1.54) is 50.7 Å². The number of nitrogens with one attached hydrogen (secondary N) is 1. The molecule has 3 aliphatic rings. The second-order valence-corrected chi connectivity index (χ2v) is 13.6. The number of piperazine rings is 1. The molecular weight excluding hydrogens is 589 g/mol. The minimum Gasteiger partial charge on any atom is -0.392 e. The summed E-state index contributed by atoms with van der Waals surface area (Å²) in [6.45, 7) is 5.38. The Morgan fingerprint density at radius 3 is 2.20 bits per heavy atom. The van der Waals surface area contributed by atoms with E-state index >= 15 is 0 Å². The van der Waals surface area contributed by atoms with Gasteiger partial charge in [0.15, 0.2) is 0 Å². The quantitative estimate of drug-likeness (QED) is 0.264. The SMILES string of the molecule is CC1CN(c2ncc(CO)cc2Cl)CCN1c1nc2c(N(CC3CCCCC3)CC3CCCCC3)cc(C(F)(F)F)cc2[nH]1. The molecule has 1 unspecified atom stereocenters. The normalized spacial score (nSPS) is 20.9. The first-order chi connectivity index (χ1) is 21.2. The number of benzene rings is 1. The summed E-state index contributed by atoms with van der Waals surface area (Å²) in [5.41, 5.74) is 1.69. The summed E-state index contributed by atoms with van der Waals surface area (Å²) >= 11 is 6.49. The Kier molecular flexibility index (Phi) is 9.47. The summed E-state index contributed by atoms with van der Waals surface area (Å²) in [5.74, 6) is 2.25. The molecule has 1 atom stereocenters. The number of fused-ring (bicyclic) bond motifs is 1. The van der Waals surface area contributed by atoms with Crippen LogP contribution in [-0.2, 0) is 12.8 Å². The van der Waals surface area contributed by atoms with Gasteiger partial charge in [0.25, 0.3) is 0 Å². The first-order valence-corrected chi connectivity index (χ1v) is 16.7. The van der Waals surface area contributed by atoms with E-state index in [1.807, 2.05) is 0 Å². The Bertz CT molecular complexity index is 1400. The van der Waals surface area contributed by atoms with Gasteiger partial charge >= 0.3 is 6.18 Å². The van der Waals surface area contributed by atoms with Gasteiger partial charge in [-0.15, -0.1) is 0 Å². The van der Waals surface area contributed by atoms with Crippen LogP contribution in [0.2, 0.25) is 5.02 Å². The van der Waals surface area contributed by atoms with E-state index in [4.69, 9.17) is 16.6 Å². The molecule has 0 bridgehead atoms. The molecule has 44 heavy (non-hydrogen) atoms. The van der Waals surface area contributed by atoms with Gasteiger partial charge in [-0.25, -0.2) is 9.97 Å². The first-order valence-electron chi connectivity index (χ1n) is 16.3. The predicted molar refractivity (Wildman–Crippen MR) is 171 cm³/mol. The number of aromatic amines is 1. The number of hydrogen-bond donors (Lipinski definition) is 2. The molecule has 1 aliphatic heterocycles. The number of rotatable bonds is 8. The third kappa shape index (κ3) is 6.91. The topological polar surface area (TPSA) is 71.5 Å². The highest BCUT2D eigenvalue weighted by molar-refractivity contribution is 6.33. The Balaban J connectivity index is 1.32. The van der Waals surface area contributed by atoms with Crippen molar-refractivity contribution in [2.45, 2.75) is 90.0 Å². The van der Waals surface area contributed by atoms with Crippen LogP contribution in [0.1, 0.15) is 82.3 Å². The number of imidazole rings is 1. The maximum absolute atomic E-state index is 14.3. The molecule has 11 heteroatoms. The zero-order valence-corrected chi connectivity index (χ0v) is 26.3. The number of alkyl halides is 3. The van der Waals surface area contributed by atoms with E-state index in [0.717, 1.165) is 38.8 Å². The molecule has 7 nitrogen and oxygen atoms in total. The molecule has 3 aromatic rings. The lowest BCUT2D eigenvalue weighted by Gasteiger charge is -2.40. The first kappa shape index (κ1) is 31.3. The number of hydrogen-bond acceptors (Lipinski definition) is 6. The standard InChI is InChI=1S/C33H44ClF3N6O/c1-22-18-41(31-27(34)14-25(21-44)17-38-31)12-13-43(22)32-39-28-15-26(33(35,36)37)16-29(30(28)40-32)42(19-23-8-4-2-5-9-23)20-24-10-6-3-7-11-24/h14-17,22-24,44H,2-13,18-21H2,1H3,(H,39,40). The summed E-state index contributed by atoms with van der Waals surface area (Å²) in [7, 11) is 0.